The molecule has 1 amide bonds. The smallest absolute Gasteiger partial charge is 0.419 e. The summed E-state index contributed by atoms with van der Waals surface area (Å²) in [6.45, 7) is 7.71. The fraction of sp³-hybridized carbons (Fsp3) is 0.400. The van der Waals surface area contributed by atoms with Gasteiger partial charge in [0.15, 0.2) is 0 Å². The second kappa shape index (κ2) is 12.8. The van der Waals surface area contributed by atoms with Crippen molar-refractivity contribution in [3.8, 4) is 28.5 Å². The maximum absolute atomic E-state index is 14.4. The zero-order valence-corrected chi connectivity index (χ0v) is 26.1. The molecular weight excluding hydrogens is 605 g/mol. The van der Waals surface area contributed by atoms with E-state index in [1.807, 2.05) is 0 Å². The number of nitrogens with one attached hydrogen (secondary N) is 1. The minimum Gasteiger partial charge on any atom is -0.465 e. The molecular formula is C30H33F3N8O3Si. The van der Waals surface area contributed by atoms with Crippen molar-refractivity contribution in [2.45, 2.75) is 57.5 Å². The zero-order chi connectivity index (χ0) is 32.4. The highest BCUT2D eigenvalue weighted by Crippen LogP contribution is 2.42. The third-order valence-electron chi connectivity index (χ3n) is 7.63. The molecule has 3 aromatic heterocycles. The van der Waals surface area contributed by atoms with Gasteiger partial charge < -0.3 is 24.6 Å². The lowest BCUT2D eigenvalue weighted by molar-refractivity contribution is -0.137. The number of alkyl halides is 3. The van der Waals surface area contributed by atoms with Gasteiger partial charge in [0.2, 0.25) is 5.95 Å². The molecule has 0 saturated carbocycles. The third-order valence-corrected chi connectivity index (χ3v) is 9.34. The summed E-state index contributed by atoms with van der Waals surface area (Å²) < 4.78 is 51.0. The van der Waals surface area contributed by atoms with Crippen LogP contribution in [0.15, 0.2) is 43.0 Å². The van der Waals surface area contributed by atoms with E-state index in [1.165, 1.54) is 17.3 Å². The lowest BCUT2D eigenvalue weighted by Gasteiger charge is -2.31. The van der Waals surface area contributed by atoms with Crippen LogP contribution in [0.25, 0.3) is 33.3 Å². The Kier molecular flexibility index (Phi) is 9.07. The van der Waals surface area contributed by atoms with Crippen molar-refractivity contribution >= 4 is 31.0 Å². The van der Waals surface area contributed by atoms with Gasteiger partial charge in [0.25, 0.3) is 0 Å². The summed E-state index contributed by atoms with van der Waals surface area (Å²) in [7, 11) is -1.42. The molecule has 15 heteroatoms. The maximum Gasteiger partial charge on any atom is 0.419 e. The summed E-state index contributed by atoms with van der Waals surface area (Å²) in [5.41, 5.74) is 0.670. The Labute approximate surface area is 258 Å². The Morgan fingerprint density at radius 3 is 2.69 bits per heavy atom. The molecule has 11 nitrogen and oxygen atoms in total. The zero-order valence-electron chi connectivity index (χ0n) is 25.1. The van der Waals surface area contributed by atoms with Crippen LogP contribution in [0.5, 0.6) is 0 Å². The minimum absolute atomic E-state index is 0.0337. The number of fused-ring (bicyclic) bond motifs is 1. The number of ether oxygens (including phenoxy) is 1. The molecule has 5 rings (SSSR count). The molecule has 0 unspecified atom stereocenters. The summed E-state index contributed by atoms with van der Waals surface area (Å²) in [6, 6.07) is 7.58. The highest BCUT2D eigenvalue weighted by molar-refractivity contribution is 6.76. The molecule has 45 heavy (non-hydrogen) atoms. The van der Waals surface area contributed by atoms with E-state index in [0.29, 0.717) is 53.6 Å². The van der Waals surface area contributed by atoms with Crippen LogP contribution in [-0.2, 0) is 17.6 Å². The first-order valence-corrected chi connectivity index (χ1v) is 18.2. The average Bonchev–Trinajstić information content (AvgIpc) is 3.36. The van der Waals surface area contributed by atoms with E-state index in [1.54, 1.807) is 29.0 Å². The predicted octanol–water partition coefficient (Wildman–Crippen LogP) is 6.31. The normalized spacial score (nSPS) is 15.7. The van der Waals surface area contributed by atoms with Crippen LogP contribution < -0.4 is 5.32 Å². The predicted molar refractivity (Wildman–Crippen MR) is 164 cm³/mol. The van der Waals surface area contributed by atoms with E-state index in [0.717, 1.165) is 12.2 Å². The van der Waals surface area contributed by atoms with Crippen molar-refractivity contribution in [2.24, 2.45) is 0 Å². The van der Waals surface area contributed by atoms with Gasteiger partial charge >= 0.3 is 12.3 Å². The third kappa shape index (κ3) is 7.23. The van der Waals surface area contributed by atoms with Crippen molar-refractivity contribution in [1.29, 1.82) is 5.26 Å². The first kappa shape index (κ1) is 31.9. The van der Waals surface area contributed by atoms with Gasteiger partial charge in [-0.05, 0) is 31.0 Å². The highest BCUT2D eigenvalue weighted by Gasteiger charge is 2.37. The van der Waals surface area contributed by atoms with Gasteiger partial charge in [-0.3, -0.25) is 0 Å². The van der Waals surface area contributed by atoms with E-state index < -0.39 is 25.9 Å². The summed E-state index contributed by atoms with van der Waals surface area (Å²) in [5.74, 6) is -0.0465. The molecule has 0 aliphatic carbocycles. The molecule has 1 saturated heterocycles. The molecule has 1 aromatic carbocycles. The number of hydrogen-bond acceptors (Lipinski definition) is 8. The quantitative estimate of drug-likeness (QED) is 0.159. The van der Waals surface area contributed by atoms with E-state index in [2.05, 4.69) is 51.2 Å². The molecule has 1 fully saturated rings. The molecule has 0 bridgehead atoms. The van der Waals surface area contributed by atoms with Crippen molar-refractivity contribution < 1.29 is 27.8 Å². The van der Waals surface area contributed by atoms with E-state index >= 15 is 0 Å². The summed E-state index contributed by atoms with van der Waals surface area (Å²) in [4.78, 5) is 21.1. The van der Waals surface area contributed by atoms with Crippen LogP contribution in [0, 0.1) is 11.3 Å². The second-order valence-electron chi connectivity index (χ2n) is 12.2. The standard InChI is InChI=1S/C30H33F3N8O3Si/c1-45(2,3)12-11-44-18-41-17-23(22-7-6-19(13-34)25(27(22)41)20-8-9-36-37-14-20)26-24(30(31,32)33)15-35-28(39-26)38-21-5-4-10-40(16-21)29(42)43/h6-9,14-15,17,21H,4-5,10-12,16,18H2,1-3H3,(H,42,43)(H,35,38,39)/t21-/m0/s1. The van der Waals surface area contributed by atoms with Crippen LogP contribution in [0.1, 0.15) is 24.0 Å². The molecule has 4 aromatic rings. The first-order valence-electron chi connectivity index (χ1n) is 14.5. The number of likely N-dealkylation sites (tertiary alicyclic amines) is 1. The molecule has 2 N–H and O–H groups in total. The van der Waals surface area contributed by atoms with Crippen molar-refractivity contribution in [3.05, 3.63) is 54.1 Å². The Bertz CT molecular complexity index is 1740. The average molecular weight is 639 g/mol. The minimum atomic E-state index is -4.77. The van der Waals surface area contributed by atoms with Gasteiger partial charge in [-0.15, -0.1) is 0 Å². The summed E-state index contributed by atoms with van der Waals surface area (Å²) >= 11 is 0. The first-order chi connectivity index (χ1) is 21.4. The fourth-order valence-corrected chi connectivity index (χ4v) is 6.12. The number of aromatic nitrogens is 5. The molecule has 4 heterocycles. The number of halogens is 3. The number of rotatable bonds is 9. The van der Waals surface area contributed by atoms with Gasteiger partial charge in [0.05, 0.1) is 35.2 Å². The number of piperidine rings is 1. The maximum atomic E-state index is 14.4. The monoisotopic (exact) mass is 638 g/mol. The Balaban J connectivity index is 1.66. The van der Waals surface area contributed by atoms with Gasteiger partial charge in [-0.2, -0.15) is 28.6 Å². The van der Waals surface area contributed by atoms with Gasteiger partial charge in [0.1, 0.15) is 12.3 Å². The SMILES string of the molecule is C[Si](C)(C)CCOCn1cc(-c2nc(N[C@H]3CCCN(C(=O)O)C3)ncc2C(F)(F)F)c2ccc(C#N)c(-c3ccnnc3)c21. The van der Waals surface area contributed by atoms with Crippen molar-refractivity contribution in [3.63, 3.8) is 0 Å². The molecule has 236 valence electrons. The highest BCUT2D eigenvalue weighted by atomic mass is 28.3. The van der Waals surface area contributed by atoms with E-state index in [9.17, 15) is 28.3 Å². The number of benzene rings is 1. The molecule has 0 radical (unpaired) electrons. The number of carboxylic acid groups (broad SMARTS) is 1. The largest absolute Gasteiger partial charge is 0.465 e. The van der Waals surface area contributed by atoms with Gasteiger partial charge in [0, 0.05) is 68.3 Å². The molecule has 1 aliphatic rings. The van der Waals surface area contributed by atoms with Crippen LogP contribution in [0.4, 0.5) is 23.9 Å². The topological polar surface area (TPSA) is 142 Å². The number of nitriles is 1. The van der Waals surface area contributed by atoms with E-state index in [4.69, 9.17) is 4.74 Å². The lowest BCUT2D eigenvalue weighted by Crippen LogP contribution is -2.44. The van der Waals surface area contributed by atoms with E-state index in [-0.39, 0.29) is 36.5 Å². The summed E-state index contributed by atoms with van der Waals surface area (Å²) in [6.07, 6.45) is 0.651. The van der Waals surface area contributed by atoms with Crippen LogP contribution in [-0.4, -0.2) is 74.6 Å². The van der Waals surface area contributed by atoms with Crippen molar-refractivity contribution in [1.82, 2.24) is 29.6 Å². The van der Waals surface area contributed by atoms with Crippen molar-refractivity contribution in [2.75, 3.05) is 25.0 Å². The van der Waals surface area contributed by atoms with Crippen LogP contribution >= 0.6 is 0 Å². The number of carbonyl (C=O) groups is 1. The molecule has 1 atom stereocenters. The number of nitrogens with zero attached hydrogens (tertiary/aromatic N) is 7. The lowest BCUT2D eigenvalue weighted by atomic mass is 9.97. The molecule has 1 aliphatic heterocycles. The fourth-order valence-electron chi connectivity index (χ4n) is 5.37. The number of amides is 1. The van der Waals surface area contributed by atoms with Gasteiger partial charge in [-0.25, -0.2) is 14.8 Å². The summed E-state index contributed by atoms with van der Waals surface area (Å²) in [5, 5.41) is 30.7. The van der Waals surface area contributed by atoms with Gasteiger partial charge in [-0.1, -0.05) is 25.7 Å². The number of hydrogen-bond donors (Lipinski definition) is 2. The Hall–Kier alpha value is -4.55. The number of anilines is 1. The second-order valence-corrected chi connectivity index (χ2v) is 17.8. The Morgan fingerprint density at radius 2 is 2.02 bits per heavy atom. The van der Waals surface area contributed by atoms with Crippen LogP contribution in [0.3, 0.4) is 0 Å². The Morgan fingerprint density at radius 1 is 1.22 bits per heavy atom. The molecule has 0 spiro atoms. The van der Waals surface area contributed by atoms with Crippen LogP contribution in [0.2, 0.25) is 25.7 Å².